The lowest BCUT2D eigenvalue weighted by molar-refractivity contribution is -0.140. The molecule has 0 aliphatic heterocycles. The summed E-state index contributed by atoms with van der Waals surface area (Å²) >= 11 is 3.27. The van der Waals surface area contributed by atoms with Crippen molar-refractivity contribution in [2.24, 2.45) is 17.3 Å². The van der Waals surface area contributed by atoms with Crippen molar-refractivity contribution in [3.8, 4) is 0 Å². The highest BCUT2D eigenvalue weighted by atomic mass is 79.9. The van der Waals surface area contributed by atoms with Gasteiger partial charge in [-0.1, -0.05) is 13.8 Å². The Morgan fingerprint density at radius 3 is 2.61 bits per heavy atom. The number of pyridine rings is 1. The summed E-state index contributed by atoms with van der Waals surface area (Å²) in [6.07, 6.45) is 1.56. The lowest BCUT2D eigenvalue weighted by Gasteiger charge is -2.06. The molecule has 0 aromatic carbocycles. The Balaban J connectivity index is 2.11. The first-order valence-corrected chi connectivity index (χ1v) is 6.29. The second-order valence-corrected chi connectivity index (χ2v) is 5.79. The minimum atomic E-state index is -0.930. The van der Waals surface area contributed by atoms with E-state index in [1.54, 1.807) is 32.2 Å². The van der Waals surface area contributed by atoms with Crippen LogP contribution in [0.5, 0.6) is 0 Å². The fourth-order valence-corrected chi connectivity index (χ4v) is 2.61. The van der Waals surface area contributed by atoms with Crippen molar-refractivity contribution in [2.45, 2.75) is 13.8 Å². The summed E-state index contributed by atoms with van der Waals surface area (Å²) in [4.78, 5) is 27.0. The minimum Gasteiger partial charge on any atom is -0.481 e. The number of aliphatic carboxylic acids is 1. The van der Waals surface area contributed by atoms with Gasteiger partial charge in [0.25, 0.3) is 0 Å². The smallest absolute Gasteiger partial charge is 0.307 e. The maximum Gasteiger partial charge on any atom is 0.307 e. The van der Waals surface area contributed by atoms with Crippen LogP contribution >= 0.6 is 15.9 Å². The number of nitrogens with one attached hydrogen (secondary N) is 1. The standard InChI is InChI=1S/C12H13BrN2O3/c1-12(2)7(8(12)11(17)18)10(16)15-9-6(13)4-3-5-14-9/h3-5,7-8H,1-2H3,(H,17,18)(H,14,15,16). The number of amides is 1. The van der Waals surface area contributed by atoms with E-state index in [-0.39, 0.29) is 5.91 Å². The molecule has 18 heavy (non-hydrogen) atoms. The van der Waals surface area contributed by atoms with Crippen LogP contribution in [0.4, 0.5) is 5.82 Å². The number of aromatic nitrogens is 1. The van der Waals surface area contributed by atoms with Crippen molar-refractivity contribution < 1.29 is 14.7 Å². The SMILES string of the molecule is CC1(C)C(C(=O)O)C1C(=O)Nc1ncccc1Br. The maximum absolute atomic E-state index is 12.0. The van der Waals surface area contributed by atoms with E-state index in [1.807, 2.05) is 0 Å². The fraction of sp³-hybridized carbons (Fsp3) is 0.417. The van der Waals surface area contributed by atoms with Crippen LogP contribution in [-0.4, -0.2) is 22.0 Å². The fourth-order valence-electron chi connectivity index (χ4n) is 2.26. The van der Waals surface area contributed by atoms with E-state index in [0.29, 0.717) is 10.3 Å². The average Bonchev–Trinajstić information content (AvgIpc) is 2.85. The molecule has 1 aliphatic carbocycles. The van der Waals surface area contributed by atoms with Crippen molar-refractivity contribution >= 4 is 33.6 Å². The Bertz CT molecular complexity index is 516. The predicted octanol–water partition coefficient (Wildman–Crippen LogP) is 2.14. The topological polar surface area (TPSA) is 79.3 Å². The van der Waals surface area contributed by atoms with E-state index >= 15 is 0 Å². The first kappa shape index (κ1) is 13.0. The van der Waals surface area contributed by atoms with Crippen LogP contribution in [0.2, 0.25) is 0 Å². The molecule has 2 atom stereocenters. The highest BCUT2D eigenvalue weighted by Gasteiger charge is 2.65. The lowest BCUT2D eigenvalue weighted by Crippen LogP contribution is -2.18. The molecule has 0 bridgehead atoms. The van der Waals surface area contributed by atoms with Gasteiger partial charge >= 0.3 is 5.97 Å². The Morgan fingerprint density at radius 1 is 1.44 bits per heavy atom. The average molecular weight is 313 g/mol. The van der Waals surface area contributed by atoms with Gasteiger partial charge in [-0.25, -0.2) is 4.98 Å². The number of rotatable bonds is 3. The summed E-state index contributed by atoms with van der Waals surface area (Å²) in [5.41, 5.74) is -0.503. The summed E-state index contributed by atoms with van der Waals surface area (Å²) in [6, 6.07) is 3.50. The van der Waals surface area contributed by atoms with Crippen LogP contribution < -0.4 is 5.32 Å². The van der Waals surface area contributed by atoms with Crippen LogP contribution in [0.1, 0.15) is 13.8 Å². The highest BCUT2D eigenvalue weighted by molar-refractivity contribution is 9.10. The van der Waals surface area contributed by atoms with Crippen molar-refractivity contribution in [3.63, 3.8) is 0 Å². The van der Waals surface area contributed by atoms with E-state index in [2.05, 4.69) is 26.2 Å². The third kappa shape index (κ3) is 2.12. The Kier molecular flexibility index (Phi) is 3.14. The summed E-state index contributed by atoms with van der Waals surface area (Å²) < 4.78 is 0.670. The number of carbonyl (C=O) groups excluding carboxylic acids is 1. The van der Waals surface area contributed by atoms with Gasteiger partial charge in [0.2, 0.25) is 5.91 Å². The molecule has 96 valence electrons. The van der Waals surface area contributed by atoms with E-state index in [9.17, 15) is 9.59 Å². The van der Waals surface area contributed by atoms with Crippen LogP contribution in [0.3, 0.4) is 0 Å². The Labute approximate surface area is 113 Å². The molecule has 1 heterocycles. The van der Waals surface area contributed by atoms with Gasteiger partial charge in [0.15, 0.2) is 0 Å². The number of nitrogens with zero attached hydrogens (tertiary/aromatic N) is 1. The van der Waals surface area contributed by atoms with Crippen molar-refractivity contribution in [1.82, 2.24) is 4.98 Å². The molecule has 0 radical (unpaired) electrons. The first-order chi connectivity index (χ1) is 8.35. The Hall–Kier alpha value is -1.43. The highest BCUT2D eigenvalue weighted by Crippen LogP contribution is 2.58. The van der Waals surface area contributed by atoms with E-state index in [4.69, 9.17) is 5.11 Å². The van der Waals surface area contributed by atoms with Gasteiger partial charge in [-0.15, -0.1) is 0 Å². The molecule has 1 aliphatic rings. The summed E-state index contributed by atoms with van der Waals surface area (Å²) in [7, 11) is 0. The molecule has 1 aromatic rings. The number of carboxylic acids is 1. The third-order valence-corrected chi connectivity index (χ3v) is 4.02. The number of hydrogen-bond donors (Lipinski definition) is 2. The zero-order chi connectivity index (χ0) is 13.5. The summed E-state index contributed by atoms with van der Waals surface area (Å²) in [5, 5.41) is 11.7. The van der Waals surface area contributed by atoms with E-state index < -0.39 is 23.2 Å². The largest absolute Gasteiger partial charge is 0.481 e. The van der Waals surface area contributed by atoms with Gasteiger partial charge in [-0.2, -0.15) is 0 Å². The minimum absolute atomic E-state index is 0.299. The van der Waals surface area contributed by atoms with E-state index in [1.165, 1.54) is 0 Å². The second kappa shape index (κ2) is 4.35. The first-order valence-electron chi connectivity index (χ1n) is 5.50. The molecule has 0 spiro atoms. The quantitative estimate of drug-likeness (QED) is 0.896. The number of anilines is 1. The predicted molar refractivity (Wildman–Crippen MR) is 69.0 cm³/mol. The molecule has 1 amide bonds. The maximum atomic E-state index is 12.0. The molecule has 1 saturated carbocycles. The van der Waals surface area contributed by atoms with Gasteiger partial charge in [0, 0.05) is 6.20 Å². The number of hydrogen-bond acceptors (Lipinski definition) is 3. The van der Waals surface area contributed by atoms with Crippen LogP contribution in [0, 0.1) is 17.3 Å². The zero-order valence-corrected chi connectivity index (χ0v) is 11.6. The monoisotopic (exact) mass is 312 g/mol. The van der Waals surface area contributed by atoms with Gasteiger partial charge in [-0.3, -0.25) is 9.59 Å². The molecule has 2 N–H and O–H groups in total. The number of halogens is 1. The van der Waals surface area contributed by atoms with Gasteiger partial charge in [-0.05, 0) is 33.5 Å². The van der Waals surface area contributed by atoms with Gasteiger partial charge < -0.3 is 10.4 Å². The molecular weight excluding hydrogens is 300 g/mol. The molecule has 1 aromatic heterocycles. The zero-order valence-electron chi connectivity index (χ0n) is 9.98. The van der Waals surface area contributed by atoms with E-state index in [0.717, 1.165) is 0 Å². The molecule has 0 saturated heterocycles. The van der Waals surface area contributed by atoms with Crippen molar-refractivity contribution in [3.05, 3.63) is 22.8 Å². The Morgan fingerprint density at radius 2 is 2.11 bits per heavy atom. The van der Waals surface area contributed by atoms with Crippen LogP contribution in [0.25, 0.3) is 0 Å². The lowest BCUT2D eigenvalue weighted by atomic mass is 10.1. The normalized spacial score (nSPS) is 24.4. The number of carbonyl (C=O) groups is 2. The molecule has 2 rings (SSSR count). The summed E-state index contributed by atoms with van der Waals surface area (Å²) in [6.45, 7) is 3.56. The van der Waals surface area contributed by atoms with Gasteiger partial charge in [0.1, 0.15) is 5.82 Å². The molecule has 5 nitrogen and oxygen atoms in total. The van der Waals surface area contributed by atoms with Gasteiger partial charge in [0.05, 0.1) is 16.3 Å². The number of carboxylic acid groups (broad SMARTS) is 1. The second-order valence-electron chi connectivity index (χ2n) is 4.94. The summed E-state index contributed by atoms with van der Waals surface area (Å²) in [5.74, 6) is -1.95. The van der Waals surface area contributed by atoms with Crippen LogP contribution in [0.15, 0.2) is 22.8 Å². The molecule has 2 unspecified atom stereocenters. The van der Waals surface area contributed by atoms with Crippen molar-refractivity contribution in [1.29, 1.82) is 0 Å². The molecule has 1 fully saturated rings. The molecular formula is C12H13BrN2O3. The van der Waals surface area contributed by atoms with Crippen molar-refractivity contribution in [2.75, 3.05) is 5.32 Å². The third-order valence-electron chi connectivity index (χ3n) is 3.38. The van der Waals surface area contributed by atoms with Crippen LogP contribution in [-0.2, 0) is 9.59 Å². The molecule has 6 heteroatoms.